The molecule has 0 aliphatic rings. The molecule has 0 aliphatic carbocycles. The largest absolute Gasteiger partial charge is 0.487 e. The number of unbranched alkanes of at least 4 members (excludes halogenated alkanes) is 1. The highest BCUT2D eigenvalue weighted by Crippen LogP contribution is 2.30. The number of rotatable bonds is 5. The van der Waals surface area contributed by atoms with E-state index in [2.05, 4.69) is 4.74 Å². The monoisotopic (exact) mass is 364 g/mol. The molecule has 17 heavy (non-hydrogen) atoms. The van der Waals surface area contributed by atoms with Crippen LogP contribution in [0, 0.1) is 26.8 Å². The van der Waals surface area contributed by atoms with E-state index in [1.807, 2.05) is 0 Å². The van der Waals surface area contributed by atoms with E-state index in [4.69, 9.17) is 5.11 Å². The average Bonchev–Trinajstić information content (AvgIpc) is 2.33. The summed E-state index contributed by atoms with van der Waals surface area (Å²) < 4.78 is 56.6. The molecule has 1 aromatic carbocycles. The highest BCUT2D eigenvalue weighted by molar-refractivity contribution is 14.1. The molecule has 1 N–H and O–H groups in total. The van der Waals surface area contributed by atoms with Crippen LogP contribution >= 0.6 is 22.6 Å². The topological polar surface area (TPSA) is 29.5 Å². The van der Waals surface area contributed by atoms with E-state index < -0.39 is 32.6 Å². The first-order valence-corrected chi connectivity index (χ1v) is 5.83. The lowest BCUT2D eigenvalue weighted by atomic mass is 10.3. The van der Waals surface area contributed by atoms with Crippen LogP contribution in [0.3, 0.4) is 0 Å². The number of hydrogen-bond acceptors (Lipinski definition) is 2. The Kier molecular flexibility index (Phi) is 5.44. The van der Waals surface area contributed by atoms with Crippen molar-refractivity contribution >= 4 is 22.6 Å². The fourth-order valence-electron chi connectivity index (χ4n) is 1.10. The van der Waals surface area contributed by atoms with Crippen LogP contribution in [0.25, 0.3) is 0 Å². The molecule has 2 nitrogen and oxygen atoms in total. The molecule has 0 aromatic heterocycles. The van der Waals surface area contributed by atoms with E-state index in [0.29, 0.717) is 12.8 Å². The zero-order valence-corrected chi connectivity index (χ0v) is 10.7. The molecule has 96 valence electrons. The first-order valence-electron chi connectivity index (χ1n) is 4.75. The van der Waals surface area contributed by atoms with Crippen LogP contribution in [0.15, 0.2) is 0 Å². The highest BCUT2D eigenvalue weighted by Gasteiger charge is 2.25. The first-order chi connectivity index (χ1) is 8.00. The van der Waals surface area contributed by atoms with Crippen LogP contribution in [0.2, 0.25) is 0 Å². The summed E-state index contributed by atoms with van der Waals surface area (Å²) in [4.78, 5) is 0. The first kappa shape index (κ1) is 14.5. The van der Waals surface area contributed by atoms with Gasteiger partial charge < -0.3 is 9.84 Å². The molecule has 0 atom stereocenters. The van der Waals surface area contributed by atoms with E-state index in [0.717, 1.165) is 0 Å². The summed E-state index contributed by atoms with van der Waals surface area (Å²) >= 11 is 1.17. The summed E-state index contributed by atoms with van der Waals surface area (Å²) in [5.74, 6) is -7.09. The number of aliphatic hydroxyl groups excluding tert-OH is 1. The second-order valence-electron chi connectivity index (χ2n) is 3.18. The maximum absolute atomic E-state index is 13.3. The standard InChI is InChI=1S/C10H9F4IO2/c11-5-7(13)10(17-4-2-1-3-16)8(14)6(12)9(5)15/h16H,1-4H2. The van der Waals surface area contributed by atoms with Crippen LogP contribution in [-0.4, -0.2) is 18.3 Å². The Morgan fingerprint density at radius 1 is 0.941 bits per heavy atom. The maximum atomic E-state index is 13.3. The normalized spacial score (nSPS) is 10.7. The minimum Gasteiger partial charge on any atom is -0.487 e. The number of benzene rings is 1. The smallest absolute Gasteiger partial charge is 0.205 e. The molecule has 1 aromatic rings. The van der Waals surface area contributed by atoms with Gasteiger partial charge in [0.05, 0.1) is 10.2 Å². The molecule has 0 saturated carbocycles. The third-order valence-corrected chi connectivity index (χ3v) is 2.92. The van der Waals surface area contributed by atoms with Crippen LogP contribution < -0.4 is 4.74 Å². The van der Waals surface area contributed by atoms with Gasteiger partial charge in [0.25, 0.3) is 0 Å². The van der Waals surface area contributed by atoms with Crippen molar-refractivity contribution in [2.75, 3.05) is 13.2 Å². The number of hydrogen-bond donors (Lipinski definition) is 1. The Morgan fingerprint density at radius 3 is 1.94 bits per heavy atom. The summed E-state index contributed by atoms with van der Waals surface area (Å²) in [6.45, 7) is -0.225. The van der Waals surface area contributed by atoms with Gasteiger partial charge in [-0.1, -0.05) is 0 Å². The SMILES string of the molecule is OCCCCOc1c(F)c(F)c(I)c(F)c1F. The zero-order valence-electron chi connectivity index (χ0n) is 8.57. The summed E-state index contributed by atoms with van der Waals surface area (Å²) in [7, 11) is 0. The van der Waals surface area contributed by atoms with Crippen molar-refractivity contribution < 1.29 is 27.4 Å². The quantitative estimate of drug-likeness (QED) is 0.286. The molecule has 0 saturated heterocycles. The van der Waals surface area contributed by atoms with Crippen molar-refractivity contribution in [1.82, 2.24) is 0 Å². The van der Waals surface area contributed by atoms with Gasteiger partial charge >= 0.3 is 0 Å². The van der Waals surface area contributed by atoms with Gasteiger partial charge in [0, 0.05) is 6.61 Å². The lowest BCUT2D eigenvalue weighted by molar-refractivity contribution is 0.236. The van der Waals surface area contributed by atoms with Crippen molar-refractivity contribution in [3.8, 4) is 5.75 Å². The molecule has 0 amide bonds. The van der Waals surface area contributed by atoms with Gasteiger partial charge in [0.1, 0.15) is 0 Å². The maximum Gasteiger partial charge on any atom is 0.205 e. The summed E-state index contributed by atoms with van der Waals surface area (Å²) in [6, 6.07) is 0. The van der Waals surface area contributed by atoms with Gasteiger partial charge in [-0.2, -0.15) is 8.78 Å². The third kappa shape index (κ3) is 3.21. The molecular formula is C10H9F4IO2. The predicted molar refractivity (Wildman–Crippen MR) is 60.8 cm³/mol. The predicted octanol–water partition coefficient (Wildman–Crippen LogP) is 3.00. The fourth-order valence-corrected chi connectivity index (χ4v) is 1.57. The lowest BCUT2D eigenvalue weighted by Gasteiger charge is -2.10. The number of halogens is 5. The van der Waals surface area contributed by atoms with Gasteiger partial charge in [-0.05, 0) is 35.4 Å². The van der Waals surface area contributed by atoms with E-state index >= 15 is 0 Å². The van der Waals surface area contributed by atoms with Gasteiger partial charge in [-0.15, -0.1) is 0 Å². The van der Waals surface area contributed by atoms with Crippen molar-refractivity contribution in [1.29, 1.82) is 0 Å². The van der Waals surface area contributed by atoms with Crippen molar-refractivity contribution in [3.63, 3.8) is 0 Å². The number of ether oxygens (including phenoxy) is 1. The number of aliphatic hydroxyl groups is 1. The highest BCUT2D eigenvalue weighted by atomic mass is 127. The molecule has 0 heterocycles. The Bertz CT molecular complexity index is 383. The van der Waals surface area contributed by atoms with Gasteiger partial charge in [0.2, 0.25) is 11.6 Å². The zero-order chi connectivity index (χ0) is 13.0. The van der Waals surface area contributed by atoms with Crippen molar-refractivity contribution in [2.45, 2.75) is 12.8 Å². The molecule has 0 unspecified atom stereocenters. The molecule has 7 heteroatoms. The summed E-state index contributed by atoms with van der Waals surface area (Å²) in [5.41, 5.74) is 0. The average molecular weight is 364 g/mol. The molecule has 0 spiro atoms. The van der Waals surface area contributed by atoms with E-state index in [9.17, 15) is 17.6 Å². The van der Waals surface area contributed by atoms with Gasteiger partial charge in [-0.3, -0.25) is 0 Å². The Hall–Kier alpha value is -0.570. The molecule has 0 radical (unpaired) electrons. The molecular weight excluding hydrogens is 355 g/mol. The van der Waals surface area contributed by atoms with Crippen LogP contribution in [0.1, 0.15) is 12.8 Å². The van der Waals surface area contributed by atoms with Gasteiger partial charge in [-0.25, -0.2) is 8.78 Å². The molecule has 0 bridgehead atoms. The Labute approximate surface area is 109 Å². The fraction of sp³-hybridized carbons (Fsp3) is 0.400. The lowest BCUT2D eigenvalue weighted by Crippen LogP contribution is -2.07. The van der Waals surface area contributed by atoms with E-state index in [-0.39, 0.29) is 13.2 Å². The second kappa shape index (κ2) is 6.39. The van der Waals surface area contributed by atoms with Crippen LogP contribution in [-0.2, 0) is 0 Å². The van der Waals surface area contributed by atoms with E-state index in [1.54, 1.807) is 0 Å². The minimum absolute atomic E-state index is 0.0935. The van der Waals surface area contributed by atoms with Crippen molar-refractivity contribution in [2.24, 2.45) is 0 Å². The molecule has 0 aliphatic heterocycles. The summed E-state index contributed by atoms with van der Waals surface area (Å²) in [6.07, 6.45) is 0.698. The molecule has 1 rings (SSSR count). The van der Waals surface area contributed by atoms with Crippen LogP contribution in [0.5, 0.6) is 5.75 Å². The second-order valence-corrected chi connectivity index (χ2v) is 4.26. The Balaban J connectivity index is 2.92. The van der Waals surface area contributed by atoms with E-state index in [1.165, 1.54) is 22.6 Å². The third-order valence-electron chi connectivity index (χ3n) is 1.97. The minimum atomic E-state index is -1.54. The van der Waals surface area contributed by atoms with Crippen LogP contribution in [0.4, 0.5) is 17.6 Å². The van der Waals surface area contributed by atoms with Crippen molar-refractivity contribution in [3.05, 3.63) is 26.8 Å². The van der Waals surface area contributed by atoms with Gasteiger partial charge in [0.15, 0.2) is 17.4 Å². The molecule has 0 fully saturated rings. The Morgan fingerprint density at radius 2 is 1.47 bits per heavy atom. The summed E-state index contributed by atoms with van der Waals surface area (Å²) in [5, 5.41) is 8.47.